The minimum atomic E-state index is -0.749. The van der Waals surface area contributed by atoms with Crippen molar-refractivity contribution in [3.63, 3.8) is 0 Å². The van der Waals surface area contributed by atoms with Gasteiger partial charge in [0.05, 0.1) is 36.0 Å². The molecule has 0 radical (unpaired) electrons. The second kappa shape index (κ2) is 19.4. The molecule has 1 saturated heterocycles. The van der Waals surface area contributed by atoms with Crippen LogP contribution in [0.2, 0.25) is 0 Å². The first-order valence-electron chi connectivity index (χ1n) is 16.5. The van der Waals surface area contributed by atoms with Gasteiger partial charge in [0.25, 0.3) is 0 Å². The van der Waals surface area contributed by atoms with Gasteiger partial charge < -0.3 is 19.7 Å². The van der Waals surface area contributed by atoms with E-state index in [2.05, 4.69) is 15.2 Å². The second-order valence-corrected chi connectivity index (χ2v) is 10.4. The summed E-state index contributed by atoms with van der Waals surface area (Å²) >= 11 is 0. The van der Waals surface area contributed by atoms with Gasteiger partial charge in [0.2, 0.25) is 5.88 Å². The number of benzene rings is 1. The Morgan fingerprint density at radius 3 is 2.48 bits per heavy atom. The summed E-state index contributed by atoms with van der Waals surface area (Å²) in [7, 11) is 1.59. The Kier molecular flexibility index (Phi) is 15.3. The molecule has 2 aromatic rings. The molecule has 1 aliphatic carbocycles. The average molecular weight is 634 g/mol. The minimum absolute atomic E-state index is 0.0241. The second-order valence-electron chi connectivity index (χ2n) is 10.4. The molecule has 7 nitrogen and oxygen atoms in total. The summed E-state index contributed by atoms with van der Waals surface area (Å²) in [5.74, 6) is -1.00. The molecule has 1 atom stereocenters. The summed E-state index contributed by atoms with van der Waals surface area (Å²) < 4.78 is 39.9. The topological polar surface area (TPSA) is 71.3 Å². The van der Waals surface area contributed by atoms with E-state index in [-0.39, 0.29) is 18.9 Å². The number of para-hydroxylation sites is 1. The number of nitrogens with one attached hydrogen (secondary N) is 1. The minimum Gasteiger partial charge on any atom is -0.480 e. The highest BCUT2D eigenvalue weighted by atomic mass is 19.2. The van der Waals surface area contributed by atoms with Gasteiger partial charge in [-0.25, -0.2) is 13.8 Å². The van der Waals surface area contributed by atoms with Gasteiger partial charge in [0, 0.05) is 43.8 Å². The molecule has 0 spiro atoms. The number of rotatable bonds is 12. The van der Waals surface area contributed by atoms with Crippen LogP contribution in [0.15, 0.2) is 106 Å². The summed E-state index contributed by atoms with van der Waals surface area (Å²) in [5, 5.41) is 3.50. The highest BCUT2D eigenvalue weighted by Gasteiger charge is 2.27. The number of aromatic nitrogens is 1. The molecule has 1 aromatic heterocycles. The lowest BCUT2D eigenvalue weighted by atomic mass is 10.00. The van der Waals surface area contributed by atoms with E-state index >= 15 is 0 Å². The van der Waals surface area contributed by atoms with E-state index in [1.54, 1.807) is 26.3 Å². The first-order valence-corrected chi connectivity index (χ1v) is 16.5. The predicted octanol–water partition coefficient (Wildman–Crippen LogP) is 9.53. The van der Waals surface area contributed by atoms with Crippen molar-refractivity contribution in [1.29, 1.82) is 0 Å². The Labute approximate surface area is 273 Å². The maximum atomic E-state index is 14.6. The molecule has 0 amide bonds. The van der Waals surface area contributed by atoms with Crippen molar-refractivity contribution in [2.24, 2.45) is 9.98 Å². The number of hydrogen-bond donors (Lipinski definition) is 1. The van der Waals surface area contributed by atoms with E-state index in [1.165, 1.54) is 0 Å². The van der Waals surface area contributed by atoms with E-state index in [4.69, 9.17) is 19.5 Å². The van der Waals surface area contributed by atoms with Gasteiger partial charge in [0.1, 0.15) is 17.3 Å². The first kappa shape index (κ1) is 36.4. The van der Waals surface area contributed by atoms with Crippen molar-refractivity contribution in [3.05, 3.63) is 95.6 Å². The highest BCUT2D eigenvalue weighted by Crippen LogP contribution is 2.32. The molecule has 46 heavy (non-hydrogen) atoms. The third-order valence-corrected chi connectivity index (χ3v) is 7.42. The highest BCUT2D eigenvalue weighted by molar-refractivity contribution is 6.26. The first-order chi connectivity index (χ1) is 22.5. The molecule has 2 aliphatic rings. The van der Waals surface area contributed by atoms with Crippen molar-refractivity contribution in [2.45, 2.75) is 79.2 Å². The molecule has 2 heterocycles. The average Bonchev–Trinajstić information content (AvgIpc) is 3.37. The number of pyridine rings is 1. The molecular weight excluding hydrogens is 584 g/mol. The van der Waals surface area contributed by atoms with Gasteiger partial charge in [0.15, 0.2) is 0 Å². The predicted molar refractivity (Wildman–Crippen MR) is 187 cm³/mol. The Morgan fingerprint density at radius 2 is 1.78 bits per heavy atom. The van der Waals surface area contributed by atoms with Crippen LogP contribution >= 0.6 is 0 Å². The number of aliphatic imine (C=N–C) groups is 2. The number of hydrogen-bond acceptors (Lipinski definition) is 7. The molecule has 0 bridgehead atoms. The van der Waals surface area contributed by atoms with E-state index in [1.807, 2.05) is 82.3 Å². The zero-order valence-corrected chi connectivity index (χ0v) is 28.2. The lowest BCUT2D eigenvalue weighted by molar-refractivity contribution is 0.143. The molecular formula is C37H49F2N5O2. The van der Waals surface area contributed by atoms with Gasteiger partial charge in [-0.3, -0.25) is 9.98 Å². The SMILES string of the molecule is CC.CCN=C1C=C(Nc2cccnc2OC)C(=NC2CCCOCC2)C=C1N(/C(=C/C/C(F)=C(/F)CC)CC)c1ccccc1. The fourth-order valence-electron chi connectivity index (χ4n) is 5.20. The summed E-state index contributed by atoms with van der Waals surface area (Å²) in [6.07, 6.45) is 10.6. The van der Waals surface area contributed by atoms with E-state index in [0.29, 0.717) is 31.1 Å². The smallest absolute Gasteiger partial charge is 0.237 e. The largest absolute Gasteiger partial charge is 0.480 e. The maximum Gasteiger partial charge on any atom is 0.237 e. The Morgan fingerprint density at radius 1 is 1.00 bits per heavy atom. The van der Waals surface area contributed by atoms with Crippen LogP contribution in [0.25, 0.3) is 0 Å². The van der Waals surface area contributed by atoms with Crippen LogP contribution in [0.4, 0.5) is 20.2 Å². The van der Waals surface area contributed by atoms with Crippen molar-refractivity contribution >= 4 is 22.8 Å². The molecule has 1 aromatic carbocycles. The third kappa shape index (κ3) is 9.94. The van der Waals surface area contributed by atoms with Crippen LogP contribution in [0, 0.1) is 0 Å². The molecule has 0 saturated carbocycles. The summed E-state index contributed by atoms with van der Waals surface area (Å²) in [6.45, 7) is 11.6. The monoisotopic (exact) mass is 633 g/mol. The van der Waals surface area contributed by atoms with Crippen LogP contribution in [0.1, 0.15) is 73.1 Å². The third-order valence-electron chi connectivity index (χ3n) is 7.42. The molecule has 4 rings (SSSR count). The normalized spacial score (nSPS) is 19.3. The summed E-state index contributed by atoms with van der Waals surface area (Å²) in [4.78, 5) is 16.6. The number of anilines is 2. The summed E-state index contributed by atoms with van der Waals surface area (Å²) in [6, 6.07) is 13.7. The van der Waals surface area contributed by atoms with Crippen LogP contribution in [-0.2, 0) is 4.74 Å². The zero-order valence-electron chi connectivity index (χ0n) is 28.2. The molecule has 1 fully saturated rings. The number of allylic oxidation sites excluding steroid dienone is 6. The Balaban J connectivity index is 0.00000282. The Bertz CT molecular complexity index is 1440. The van der Waals surface area contributed by atoms with Crippen LogP contribution in [0.3, 0.4) is 0 Å². The fraction of sp³-hybridized carbons (Fsp3) is 0.432. The molecule has 248 valence electrons. The van der Waals surface area contributed by atoms with Gasteiger partial charge in [-0.05, 0) is 75.4 Å². The fourth-order valence-corrected chi connectivity index (χ4v) is 5.20. The van der Waals surface area contributed by atoms with Crippen molar-refractivity contribution in [1.82, 2.24) is 4.98 Å². The van der Waals surface area contributed by atoms with Crippen LogP contribution < -0.4 is 15.0 Å². The molecule has 1 aliphatic heterocycles. The van der Waals surface area contributed by atoms with Gasteiger partial charge in [-0.15, -0.1) is 0 Å². The lowest BCUT2D eigenvalue weighted by Crippen LogP contribution is -2.31. The molecule has 1 N–H and O–H groups in total. The van der Waals surface area contributed by atoms with Crippen LogP contribution in [-0.4, -0.2) is 49.3 Å². The van der Waals surface area contributed by atoms with E-state index < -0.39 is 11.7 Å². The van der Waals surface area contributed by atoms with Crippen molar-refractivity contribution < 1.29 is 18.3 Å². The number of halogens is 2. The van der Waals surface area contributed by atoms with E-state index in [9.17, 15) is 8.78 Å². The lowest BCUT2D eigenvalue weighted by Gasteiger charge is -2.32. The van der Waals surface area contributed by atoms with Gasteiger partial charge in [-0.1, -0.05) is 52.0 Å². The van der Waals surface area contributed by atoms with Gasteiger partial charge >= 0.3 is 0 Å². The number of methoxy groups -OCH3 is 1. The van der Waals surface area contributed by atoms with Crippen LogP contribution in [0.5, 0.6) is 5.88 Å². The standard InChI is InChI=1S/C35H43F2N5O2.C2H6/c1-5-26(17-18-29(37)28(36)6-2)42(27-14-9-8-10-15-27)34-24-32(40-25-13-12-21-44-22-19-25)31(23-33(34)38-7-3)41-30-16-11-20-39-35(30)43-4;1-2/h8-11,14-17,20,23-25,41H,5-7,12-13,18-19,21-22H2,1-4H3;1-2H3/b26-17+,29-28-,38-33?,40-32?;. The molecule has 9 heteroatoms. The van der Waals surface area contributed by atoms with Crippen molar-refractivity contribution in [2.75, 3.05) is 37.1 Å². The Hall–Kier alpha value is -4.11. The quantitative estimate of drug-likeness (QED) is 0.236. The number of ether oxygens (including phenoxy) is 2. The zero-order chi connectivity index (χ0) is 33.3. The van der Waals surface area contributed by atoms with E-state index in [0.717, 1.165) is 60.1 Å². The maximum absolute atomic E-state index is 14.6. The number of nitrogens with zero attached hydrogens (tertiary/aromatic N) is 4. The van der Waals surface area contributed by atoms with Gasteiger partial charge in [-0.2, -0.15) is 0 Å². The van der Waals surface area contributed by atoms with Crippen molar-refractivity contribution in [3.8, 4) is 5.88 Å². The molecule has 1 unspecified atom stereocenters. The summed E-state index contributed by atoms with van der Waals surface area (Å²) in [5.41, 5.74) is 5.49.